The molecule has 0 radical (unpaired) electrons. The SMILES string of the molecule is COC(=O)c1ccc(C)c(NC(=O)COC(=O)/C=C/c2cccc(Cl)c2)c1. The second kappa shape index (κ2) is 9.54. The largest absolute Gasteiger partial charge is 0.465 e. The summed E-state index contributed by atoms with van der Waals surface area (Å²) < 4.78 is 9.55. The molecule has 6 nitrogen and oxygen atoms in total. The molecule has 0 aliphatic carbocycles. The van der Waals surface area contributed by atoms with Gasteiger partial charge in [0.2, 0.25) is 0 Å². The van der Waals surface area contributed by atoms with Crippen molar-refractivity contribution in [1.82, 2.24) is 0 Å². The molecule has 1 amide bonds. The molecule has 7 heteroatoms. The molecule has 27 heavy (non-hydrogen) atoms. The van der Waals surface area contributed by atoms with Crippen LogP contribution in [0.25, 0.3) is 6.08 Å². The van der Waals surface area contributed by atoms with Crippen LogP contribution in [0.1, 0.15) is 21.5 Å². The van der Waals surface area contributed by atoms with E-state index in [1.165, 1.54) is 25.3 Å². The third-order valence-corrected chi connectivity index (χ3v) is 3.77. The minimum atomic E-state index is -0.662. The first-order valence-corrected chi connectivity index (χ1v) is 8.36. The molecule has 0 unspecified atom stereocenters. The minimum Gasteiger partial charge on any atom is -0.465 e. The summed E-state index contributed by atoms with van der Waals surface area (Å²) in [5, 5.41) is 3.15. The summed E-state index contributed by atoms with van der Waals surface area (Å²) in [5.74, 6) is -1.70. The topological polar surface area (TPSA) is 81.7 Å². The lowest BCUT2D eigenvalue weighted by atomic mass is 10.1. The van der Waals surface area contributed by atoms with Gasteiger partial charge in [-0.05, 0) is 48.4 Å². The molecule has 2 rings (SSSR count). The fraction of sp³-hybridized carbons (Fsp3) is 0.150. The van der Waals surface area contributed by atoms with Crippen molar-refractivity contribution in [2.75, 3.05) is 19.0 Å². The highest BCUT2D eigenvalue weighted by atomic mass is 35.5. The fourth-order valence-corrected chi connectivity index (χ4v) is 2.35. The van der Waals surface area contributed by atoms with Crippen molar-refractivity contribution in [2.45, 2.75) is 6.92 Å². The number of rotatable bonds is 6. The van der Waals surface area contributed by atoms with Crippen LogP contribution >= 0.6 is 11.6 Å². The molecule has 0 saturated heterocycles. The first-order valence-electron chi connectivity index (χ1n) is 7.98. The van der Waals surface area contributed by atoms with Crippen LogP contribution in [0.3, 0.4) is 0 Å². The van der Waals surface area contributed by atoms with Gasteiger partial charge in [-0.2, -0.15) is 0 Å². The molecular weight excluding hydrogens is 370 g/mol. The number of hydrogen-bond donors (Lipinski definition) is 1. The number of esters is 2. The zero-order valence-electron chi connectivity index (χ0n) is 14.8. The third-order valence-electron chi connectivity index (χ3n) is 3.54. The molecular formula is C20H18ClNO5. The number of halogens is 1. The second-order valence-electron chi connectivity index (χ2n) is 5.57. The number of amides is 1. The Morgan fingerprint density at radius 2 is 1.93 bits per heavy atom. The lowest BCUT2D eigenvalue weighted by Gasteiger charge is -2.10. The van der Waals surface area contributed by atoms with E-state index in [1.807, 2.05) is 0 Å². The van der Waals surface area contributed by atoms with Crippen LogP contribution in [-0.4, -0.2) is 31.6 Å². The standard InChI is InChI=1S/C20H18ClNO5/c1-13-6-8-15(20(25)26-2)11-17(13)22-18(23)12-27-19(24)9-7-14-4-3-5-16(21)10-14/h3-11H,12H2,1-2H3,(H,22,23)/b9-7+. The van der Waals surface area contributed by atoms with Gasteiger partial charge in [0.15, 0.2) is 6.61 Å². The molecule has 1 N–H and O–H groups in total. The van der Waals surface area contributed by atoms with Crippen LogP contribution in [0.5, 0.6) is 0 Å². The molecule has 0 heterocycles. The van der Waals surface area contributed by atoms with Gasteiger partial charge in [-0.3, -0.25) is 4.79 Å². The highest BCUT2D eigenvalue weighted by molar-refractivity contribution is 6.30. The second-order valence-corrected chi connectivity index (χ2v) is 6.00. The van der Waals surface area contributed by atoms with Gasteiger partial charge in [-0.1, -0.05) is 29.8 Å². The highest BCUT2D eigenvalue weighted by Gasteiger charge is 2.11. The van der Waals surface area contributed by atoms with Gasteiger partial charge in [0.1, 0.15) is 0 Å². The van der Waals surface area contributed by atoms with E-state index in [0.29, 0.717) is 16.3 Å². The summed E-state index contributed by atoms with van der Waals surface area (Å²) in [4.78, 5) is 35.3. The van der Waals surface area contributed by atoms with Crippen molar-refractivity contribution in [3.05, 3.63) is 70.3 Å². The Morgan fingerprint density at radius 3 is 2.63 bits per heavy atom. The number of anilines is 1. The number of carbonyl (C=O) groups excluding carboxylic acids is 3. The first-order chi connectivity index (χ1) is 12.9. The van der Waals surface area contributed by atoms with E-state index < -0.39 is 24.5 Å². The Kier molecular flexibility index (Phi) is 7.14. The number of nitrogens with one attached hydrogen (secondary N) is 1. The molecule has 0 aromatic heterocycles. The Hall–Kier alpha value is -3.12. The fourth-order valence-electron chi connectivity index (χ4n) is 2.15. The van der Waals surface area contributed by atoms with Crippen molar-refractivity contribution < 1.29 is 23.9 Å². The minimum absolute atomic E-state index is 0.305. The Morgan fingerprint density at radius 1 is 1.15 bits per heavy atom. The Bertz CT molecular complexity index is 892. The molecule has 0 bridgehead atoms. The van der Waals surface area contributed by atoms with Crippen molar-refractivity contribution in [1.29, 1.82) is 0 Å². The molecule has 0 atom stereocenters. The summed E-state index contributed by atoms with van der Waals surface area (Å²) >= 11 is 5.86. The summed E-state index contributed by atoms with van der Waals surface area (Å²) in [7, 11) is 1.27. The predicted molar refractivity (Wildman–Crippen MR) is 103 cm³/mol. The molecule has 2 aromatic rings. The molecule has 2 aromatic carbocycles. The lowest BCUT2D eigenvalue weighted by molar-refractivity contribution is -0.142. The average molecular weight is 388 g/mol. The Labute approximate surface area is 161 Å². The molecule has 0 saturated carbocycles. The maximum atomic E-state index is 12.0. The van der Waals surface area contributed by atoms with Crippen LogP contribution in [0, 0.1) is 6.92 Å². The van der Waals surface area contributed by atoms with Crippen LogP contribution in [0.15, 0.2) is 48.5 Å². The van der Waals surface area contributed by atoms with Crippen molar-refractivity contribution in [2.24, 2.45) is 0 Å². The maximum Gasteiger partial charge on any atom is 0.337 e. The van der Waals surface area contributed by atoms with Crippen LogP contribution in [0.2, 0.25) is 5.02 Å². The summed E-state index contributed by atoms with van der Waals surface area (Å²) in [6, 6.07) is 11.7. The number of benzene rings is 2. The zero-order chi connectivity index (χ0) is 19.8. The van der Waals surface area contributed by atoms with E-state index in [1.54, 1.807) is 43.3 Å². The number of carbonyl (C=O) groups is 3. The number of methoxy groups -OCH3 is 1. The maximum absolute atomic E-state index is 12.0. The molecule has 140 valence electrons. The molecule has 0 spiro atoms. The van der Waals surface area contributed by atoms with Crippen LogP contribution < -0.4 is 5.32 Å². The van der Waals surface area contributed by atoms with Gasteiger partial charge in [0.05, 0.1) is 12.7 Å². The van der Waals surface area contributed by atoms with E-state index in [0.717, 1.165) is 11.1 Å². The lowest BCUT2D eigenvalue weighted by Crippen LogP contribution is -2.21. The van der Waals surface area contributed by atoms with E-state index in [-0.39, 0.29) is 0 Å². The number of hydrogen-bond acceptors (Lipinski definition) is 5. The summed E-state index contributed by atoms with van der Waals surface area (Å²) in [6.45, 7) is 1.32. The van der Waals surface area contributed by atoms with E-state index in [2.05, 4.69) is 10.1 Å². The van der Waals surface area contributed by atoms with Gasteiger partial charge in [0, 0.05) is 16.8 Å². The van der Waals surface area contributed by atoms with Crippen molar-refractivity contribution >= 4 is 41.2 Å². The third kappa shape index (κ3) is 6.27. The van der Waals surface area contributed by atoms with E-state index in [9.17, 15) is 14.4 Å². The van der Waals surface area contributed by atoms with Gasteiger partial charge in [-0.15, -0.1) is 0 Å². The zero-order valence-corrected chi connectivity index (χ0v) is 15.6. The number of aryl methyl sites for hydroxylation is 1. The summed E-state index contributed by atoms with van der Waals surface area (Å²) in [5.41, 5.74) is 2.23. The number of ether oxygens (including phenoxy) is 2. The normalized spacial score (nSPS) is 10.5. The van der Waals surface area contributed by atoms with Gasteiger partial charge >= 0.3 is 11.9 Å². The predicted octanol–water partition coefficient (Wildman–Crippen LogP) is 3.63. The van der Waals surface area contributed by atoms with Gasteiger partial charge in [-0.25, -0.2) is 9.59 Å². The van der Waals surface area contributed by atoms with Crippen molar-refractivity contribution in [3.63, 3.8) is 0 Å². The Balaban J connectivity index is 1.90. The first kappa shape index (κ1) is 20.2. The van der Waals surface area contributed by atoms with Crippen LogP contribution in [0.4, 0.5) is 5.69 Å². The average Bonchev–Trinajstić information content (AvgIpc) is 2.66. The monoisotopic (exact) mass is 387 g/mol. The summed E-state index contributed by atoms with van der Waals surface area (Å²) in [6.07, 6.45) is 2.75. The molecule has 0 fully saturated rings. The van der Waals surface area contributed by atoms with Crippen LogP contribution in [-0.2, 0) is 19.1 Å². The van der Waals surface area contributed by atoms with Gasteiger partial charge in [0.25, 0.3) is 5.91 Å². The smallest absolute Gasteiger partial charge is 0.337 e. The van der Waals surface area contributed by atoms with Gasteiger partial charge < -0.3 is 14.8 Å². The van der Waals surface area contributed by atoms with E-state index in [4.69, 9.17) is 16.3 Å². The molecule has 0 aliphatic rings. The highest BCUT2D eigenvalue weighted by Crippen LogP contribution is 2.17. The quantitative estimate of drug-likeness (QED) is 0.604. The molecule has 0 aliphatic heterocycles. The van der Waals surface area contributed by atoms with Crippen molar-refractivity contribution in [3.8, 4) is 0 Å². The van der Waals surface area contributed by atoms with E-state index >= 15 is 0 Å².